The summed E-state index contributed by atoms with van der Waals surface area (Å²) in [6.07, 6.45) is 3.55. The Bertz CT molecular complexity index is 3530. The second-order valence-electron chi connectivity index (χ2n) is 24.5. The zero-order valence-corrected chi connectivity index (χ0v) is 43.5. The Labute approximate surface area is 420 Å². The van der Waals surface area contributed by atoms with Gasteiger partial charge in [-0.25, -0.2) is 9.97 Å². The van der Waals surface area contributed by atoms with Crippen molar-refractivity contribution in [2.45, 2.75) is 105 Å². The predicted octanol–water partition coefficient (Wildman–Crippen LogP) is 16.0. The van der Waals surface area contributed by atoms with Crippen LogP contribution in [-0.2, 0) is 21.7 Å². The van der Waals surface area contributed by atoms with Gasteiger partial charge < -0.3 is 9.80 Å². The molecule has 5 heteroatoms. The Morgan fingerprint density at radius 1 is 0.380 bits per heavy atom. The van der Waals surface area contributed by atoms with Crippen molar-refractivity contribution in [1.29, 1.82) is 0 Å². The van der Waals surface area contributed by atoms with Gasteiger partial charge in [-0.2, -0.15) is 0 Å². The van der Waals surface area contributed by atoms with Crippen molar-refractivity contribution in [1.82, 2.24) is 9.97 Å². The smallest absolute Gasteiger partial charge is 0.252 e. The lowest BCUT2D eigenvalue weighted by molar-refractivity contribution is 0.568. The zero-order valence-electron chi connectivity index (χ0n) is 43.5. The average Bonchev–Trinajstić information content (AvgIpc) is 3.34. The van der Waals surface area contributed by atoms with Gasteiger partial charge in [-0.1, -0.05) is 180 Å². The molecule has 0 radical (unpaired) electrons. The van der Waals surface area contributed by atoms with Crippen LogP contribution in [0.1, 0.15) is 105 Å². The molecule has 4 nitrogen and oxygen atoms in total. The van der Waals surface area contributed by atoms with E-state index in [1.54, 1.807) is 6.33 Å². The van der Waals surface area contributed by atoms with Crippen LogP contribution in [-0.4, -0.2) is 16.7 Å². The molecule has 3 heterocycles. The Balaban J connectivity index is 1.28. The number of fused-ring (bicyclic) bond motifs is 10. The lowest BCUT2D eigenvalue weighted by Crippen LogP contribution is -2.61. The molecule has 0 atom stereocenters. The summed E-state index contributed by atoms with van der Waals surface area (Å²) < 4.78 is 0. The molecule has 0 saturated carbocycles. The van der Waals surface area contributed by atoms with Gasteiger partial charge in [-0.15, -0.1) is 0 Å². The number of hydrogen-bond donors (Lipinski definition) is 0. The standard InChI is InChI=1S/C66H63BN4/c1-63(2,3)45-31-46(64(4,5)6)34-49(33-45)70-58-37-53-42(23-21-40-17-13-15-19-51(40)53)27-55(58)67-56-28-43-24-22-41-18-14-16-20-52(41)54(43)38-59(56)71(50-35-47(65(7,8)9)32-48(36-50)66(10,11)12)61-30-44(29-60(70)62(61)67)57-25-26-68-39-69-57/h13-39H,1-12H3. The van der Waals surface area contributed by atoms with Crippen LogP contribution in [0, 0.1) is 0 Å². The van der Waals surface area contributed by atoms with Crippen molar-refractivity contribution in [2.24, 2.45) is 0 Å². The quantitative estimate of drug-likeness (QED) is 0.131. The predicted molar refractivity (Wildman–Crippen MR) is 306 cm³/mol. The van der Waals surface area contributed by atoms with Crippen LogP contribution in [0.3, 0.4) is 0 Å². The summed E-state index contributed by atoms with van der Waals surface area (Å²) >= 11 is 0. The van der Waals surface area contributed by atoms with Crippen molar-refractivity contribution < 1.29 is 0 Å². The molecule has 0 N–H and O–H groups in total. The molecule has 10 aromatic rings. The summed E-state index contributed by atoms with van der Waals surface area (Å²) in [6.45, 7) is 28.0. The van der Waals surface area contributed by atoms with Crippen LogP contribution in [0.15, 0.2) is 164 Å². The minimum absolute atomic E-state index is 0.0931. The molecule has 1 aromatic heterocycles. The molecular formula is C66H63BN4. The number of hydrogen-bond acceptors (Lipinski definition) is 4. The summed E-state index contributed by atoms with van der Waals surface area (Å²) in [5.41, 5.74) is 17.8. The molecule has 0 amide bonds. The number of anilines is 6. The first-order chi connectivity index (χ1) is 33.7. The zero-order chi connectivity index (χ0) is 49.5. The van der Waals surface area contributed by atoms with E-state index in [1.165, 1.54) is 93.1 Å². The van der Waals surface area contributed by atoms with Gasteiger partial charge in [0.2, 0.25) is 0 Å². The lowest BCUT2D eigenvalue weighted by atomic mass is 9.33. The molecular weight excluding hydrogens is 860 g/mol. The van der Waals surface area contributed by atoms with E-state index in [9.17, 15) is 0 Å². The van der Waals surface area contributed by atoms with Gasteiger partial charge in [0, 0.05) is 45.9 Å². The second-order valence-corrected chi connectivity index (χ2v) is 24.5. The normalized spacial score (nSPS) is 13.8. The van der Waals surface area contributed by atoms with Gasteiger partial charge in [0.15, 0.2) is 0 Å². The summed E-state index contributed by atoms with van der Waals surface area (Å²) in [5, 5.41) is 9.99. The summed E-state index contributed by atoms with van der Waals surface area (Å²) in [7, 11) is 0. The third-order valence-corrected chi connectivity index (χ3v) is 15.5. The SMILES string of the molecule is CC(C)(C)c1cc(N2c3cc4c(ccc5ccccc54)cc3B3c4cc5ccc6ccccc6c5cc4N(c4cc(C(C)(C)C)cc(C(C)(C)C)c4)c4cc(-c5ccncn5)cc2c43)cc(C(C)(C)C)c1. The summed E-state index contributed by atoms with van der Waals surface area (Å²) in [4.78, 5) is 14.6. The molecule has 71 heavy (non-hydrogen) atoms. The summed E-state index contributed by atoms with van der Waals surface area (Å²) in [5.74, 6) is 0. The molecule has 2 aliphatic rings. The van der Waals surface area contributed by atoms with Gasteiger partial charge in [-0.3, -0.25) is 0 Å². The number of benzene rings is 9. The van der Waals surface area contributed by atoms with Crippen LogP contribution in [0.25, 0.3) is 54.3 Å². The third kappa shape index (κ3) is 7.42. The van der Waals surface area contributed by atoms with E-state index in [2.05, 4.69) is 250 Å². The molecule has 2 aliphatic heterocycles. The van der Waals surface area contributed by atoms with Gasteiger partial charge in [0.25, 0.3) is 6.71 Å². The van der Waals surface area contributed by atoms with E-state index in [-0.39, 0.29) is 28.4 Å². The van der Waals surface area contributed by atoms with Gasteiger partial charge >= 0.3 is 0 Å². The Morgan fingerprint density at radius 3 is 1.18 bits per heavy atom. The average molecular weight is 923 g/mol. The van der Waals surface area contributed by atoms with Crippen LogP contribution in [0.4, 0.5) is 34.1 Å². The maximum Gasteiger partial charge on any atom is 0.252 e. The minimum atomic E-state index is -0.0945. The highest BCUT2D eigenvalue weighted by molar-refractivity contribution is 7.00. The highest BCUT2D eigenvalue weighted by atomic mass is 15.2. The fraction of sp³-hybridized carbons (Fsp3) is 0.242. The van der Waals surface area contributed by atoms with E-state index in [0.29, 0.717) is 0 Å². The van der Waals surface area contributed by atoms with Gasteiger partial charge in [-0.05, 0) is 158 Å². The molecule has 12 rings (SSSR count). The molecule has 0 fully saturated rings. The topological polar surface area (TPSA) is 32.3 Å². The Kier molecular flexibility index (Phi) is 9.89. The van der Waals surface area contributed by atoms with Crippen molar-refractivity contribution >= 4 is 100 Å². The van der Waals surface area contributed by atoms with E-state index in [0.717, 1.165) is 34.0 Å². The first-order valence-corrected chi connectivity index (χ1v) is 25.5. The first-order valence-electron chi connectivity index (χ1n) is 25.5. The maximum absolute atomic E-state index is 4.98. The Hall–Kier alpha value is -7.24. The van der Waals surface area contributed by atoms with E-state index in [4.69, 9.17) is 4.98 Å². The van der Waals surface area contributed by atoms with Crippen LogP contribution < -0.4 is 26.2 Å². The van der Waals surface area contributed by atoms with Crippen molar-refractivity contribution in [2.75, 3.05) is 9.80 Å². The van der Waals surface area contributed by atoms with Crippen molar-refractivity contribution in [3.8, 4) is 11.3 Å². The first kappa shape index (κ1) is 44.9. The van der Waals surface area contributed by atoms with Crippen molar-refractivity contribution in [3.63, 3.8) is 0 Å². The summed E-state index contributed by atoms with van der Waals surface area (Å²) in [6, 6.07) is 58.7. The van der Waals surface area contributed by atoms with Crippen molar-refractivity contribution in [3.05, 3.63) is 186 Å². The van der Waals surface area contributed by atoms with E-state index >= 15 is 0 Å². The van der Waals surface area contributed by atoms with E-state index in [1.807, 2.05) is 6.20 Å². The fourth-order valence-electron chi connectivity index (χ4n) is 11.4. The third-order valence-electron chi connectivity index (χ3n) is 15.5. The molecule has 0 saturated heterocycles. The van der Waals surface area contributed by atoms with Crippen LogP contribution >= 0.6 is 0 Å². The van der Waals surface area contributed by atoms with E-state index < -0.39 is 0 Å². The number of nitrogens with zero attached hydrogens (tertiary/aromatic N) is 4. The second kappa shape index (κ2) is 15.6. The van der Waals surface area contributed by atoms with Crippen LogP contribution in [0.5, 0.6) is 0 Å². The Morgan fingerprint density at radius 2 is 0.789 bits per heavy atom. The van der Waals surface area contributed by atoms with Gasteiger partial charge in [0.05, 0.1) is 5.69 Å². The van der Waals surface area contributed by atoms with Crippen LogP contribution in [0.2, 0.25) is 0 Å². The molecule has 0 aliphatic carbocycles. The highest BCUT2D eigenvalue weighted by Gasteiger charge is 2.45. The number of aromatic nitrogens is 2. The molecule has 9 aromatic carbocycles. The van der Waals surface area contributed by atoms with Gasteiger partial charge in [0.1, 0.15) is 6.33 Å². The monoisotopic (exact) mass is 923 g/mol. The maximum atomic E-state index is 4.98. The largest absolute Gasteiger partial charge is 0.311 e. The molecule has 0 bridgehead atoms. The fourth-order valence-corrected chi connectivity index (χ4v) is 11.4. The lowest BCUT2D eigenvalue weighted by Gasteiger charge is -2.45. The molecule has 0 spiro atoms. The minimum Gasteiger partial charge on any atom is -0.311 e. The molecule has 0 unspecified atom stereocenters. The molecule has 350 valence electrons. The number of rotatable bonds is 3. The highest BCUT2D eigenvalue weighted by Crippen LogP contribution is 2.50.